The van der Waals surface area contributed by atoms with Crippen LogP contribution in [0.3, 0.4) is 0 Å². The van der Waals surface area contributed by atoms with Crippen molar-refractivity contribution in [1.82, 2.24) is 4.98 Å². The van der Waals surface area contributed by atoms with E-state index in [2.05, 4.69) is 67.3 Å². The summed E-state index contributed by atoms with van der Waals surface area (Å²) in [6.45, 7) is 7.21. The van der Waals surface area contributed by atoms with Crippen molar-refractivity contribution in [2.45, 2.75) is 20.8 Å². The van der Waals surface area contributed by atoms with Gasteiger partial charge >= 0.3 is 0 Å². The topological polar surface area (TPSA) is 28.2 Å². The van der Waals surface area contributed by atoms with Crippen molar-refractivity contribution in [1.29, 1.82) is 0 Å². The minimum Gasteiger partial charge on any atom is -0.370 e. The number of rotatable bonds is 4. The predicted octanol–water partition coefficient (Wildman–Crippen LogP) is 3.90. The van der Waals surface area contributed by atoms with Gasteiger partial charge in [0.25, 0.3) is 0 Å². The Morgan fingerprint density at radius 2 is 1.95 bits per heavy atom. The molecule has 0 aliphatic carbocycles. The summed E-state index contributed by atoms with van der Waals surface area (Å²) in [7, 11) is 2.09. The molecule has 0 aliphatic heterocycles. The maximum atomic E-state index is 4.30. The quantitative estimate of drug-likeness (QED) is 0.898. The fourth-order valence-electron chi connectivity index (χ4n) is 2.23. The van der Waals surface area contributed by atoms with Gasteiger partial charge in [0, 0.05) is 37.2 Å². The van der Waals surface area contributed by atoms with E-state index in [1.165, 1.54) is 16.8 Å². The third kappa shape index (κ3) is 3.05. The molecule has 0 bridgehead atoms. The number of hydrogen-bond donors (Lipinski definition) is 1. The number of aromatic nitrogens is 1. The van der Waals surface area contributed by atoms with Gasteiger partial charge < -0.3 is 10.2 Å². The van der Waals surface area contributed by atoms with E-state index in [1.807, 2.05) is 12.3 Å². The lowest BCUT2D eigenvalue weighted by atomic mass is 10.1. The summed E-state index contributed by atoms with van der Waals surface area (Å²) in [5.74, 6) is 0.914. The molecule has 1 heterocycles. The van der Waals surface area contributed by atoms with Crippen LogP contribution in [0.25, 0.3) is 0 Å². The molecule has 1 N–H and O–H groups in total. The van der Waals surface area contributed by atoms with Crippen molar-refractivity contribution in [3.63, 3.8) is 0 Å². The van der Waals surface area contributed by atoms with Crippen LogP contribution in [0.2, 0.25) is 0 Å². The number of anilines is 3. The molecule has 1 aromatic heterocycles. The Morgan fingerprint density at radius 3 is 2.63 bits per heavy atom. The zero-order valence-corrected chi connectivity index (χ0v) is 12.1. The Kier molecular flexibility index (Phi) is 4.05. The second kappa shape index (κ2) is 5.74. The number of aryl methyl sites for hydroxylation is 2. The largest absolute Gasteiger partial charge is 0.370 e. The molecule has 0 unspecified atom stereocenters. The summed E-state index contributed by atoms with van der Waals surface area (Å²) >= 11 is 0. The lowest BCUT2D eigenvalue weighted by Gasteiger charge is -2.22. The van der Waals surface area contributed by atoms with E-state index in [9.17, 15) is 0 Å². The molecule has 0 saturated heterocycles. The van der Waals surface area contributed by atoms with Gasteiger partial charge in [0.15, 0.2) is 0 Å². The van der Waals surface area contributed by atoms with Crippen LogP contribution in [0, 0.1) is 13.8 Å². The highest BCUT2D eigenvalue weighted by Crippen LogP contribution is 2.28. The molecule has 3 nitrogen and oxygen atoms in total. The first-order valence-electron chi connectivity index (χ1n) is 6.62. The number of nitrogens with zero attached hydrogens (tertiary/aromatic N) is 2. The fourth-order valence-corrected chi connectivity index (χ4v) is 2.23. The smallest absolute Gasteiger partial charge is 0.127 e. The van der Waals surface area contributed by atoms with Crippen LogP contribution in [-0.2, 0) is 0 Å². The highest BCUT2D eigenvalue weighted by molar-refractivity contribution is 5.67. The molecule has 0 amide bonds. The van der Waals surface area contributed by atoms with E-state index in [1.54, 1.807) is 0 Å². The summed E-state index contributed by atoms with van der Waals surface area (Å²) in [4.78, 5) is 6.50. The molecular weight excluding hydrogens is 234 g/mol. The van der Waals surface area contributed by atoms with E-state index in [4.69, 9.17) is 0 Å². The molecule has 19 heavy (non-hydrogen) atoms. The summed E-state index contributed by atoms with van der Waals surface area (Å²) < 4.78 is 0. The van der Waals surface area contributed by atoms with Crippen molar-refractivity contribution in [3.05, 3.63) is 47.7 Å². The first-order chi connectivity index (χ1) is 9.11. The SMILES string of the molecule is CCNc1cc(N(C)c2ccc(C)cc2C)ccn1. The average Bonchev–Trinajstić information content (AvgIpc) is 2.39. The Morgan fingerprint density at radius 1 is 1.16 bits per heavy atom. The van der Waals surface area contributed by atoms with Gasteiger partial charge in [-0.15, -0.1) is 0 Å². The molecule has 0 aliphatic rings. The van der Waals surface area contributed by atoms with Gasteiger partial charge in [-0.3, -0.25) is 0 Å². The van der Waals surface area contributed by atoms with Gasteiger partial charge in [0.1, 0.15) is 5.82 Å². The van der Waals surface area contributed by atoms with Crippen molar-refractivity contribution in [2.24, 2.45) is 0 Å². The van der Waals surface area contributed by atoms with Crippen LogP contribution in [0.5, 0.6) is 0 Å². The molecule has 0 spiro atoms. The monoisotopic (exact) mass is 255 g/mol. The van der Waals surface area contributed by atoms with Crippen molar-refractivity contribution < 1.29 is 0 Å². The average molecular weight is 255 g/mol. The van der Waals surface area contributed by atoms with Gasteiger partial charge in [-0.25, -0.2) is 4.98 Å². The summed E-state index contributed by atoms with van der Waals surface area (Å²) in [5, 5.41) is 3.24. The summed E-state index contributed by atoms with van der Waals surface area (Å²) in [5.41, 5.74) is 4.93. The Labute approximate surface area is 115 Å². The number of pyridine rings is 1. The van der Waals surface area contributed by atoms with Crippen LogP contribution >= 0.6 is 0 Å². The van der Waals surface area contributed by atoms with Gasteiger partial charge in [-0.1, -0.05) is 17.7 Å². The molecule has 0 saturated carbocycles. The lowest BCUT2D eigenvalue weighted by Crippen LogP contribution is -2.11. The zero-order valence-electron chi connectivity index (χ0n) is 12.1. The third-order valence-electron chi connectivity index (χ3n) is 3.20. The van der Waals surface area contributed by atoms with Gasteiger partial charge in [0.05, 0.1) is 0 Å². The summed E-state index contributed by atoms with van der Waals surface area (Å²) in [6.07, 6.45) is 1.84. The Bertz CT molecular complexity index is 564. The van der Waals surface area contributed by atoms with E-state index < -0.39 is 0 Å². The second-order valence-electron chi connectivity index (χ2n) is 4.78. The van der Waals surface area contributed by atoms with E-state index in [-0.39, 0.29) is 0 Å². The fraction of sp³-hybridized carbons (Fsp3) is 0.312. The van der Waals surface area contributed by atoms with E-state index in [0.717, 1.165) is 18.1 Å². The maximum Gasteiger partial charge on any atom is 0.127 e. The minimum absolute atomic E-state index is 0.879. The molecule has 2 rings (SSSR count). The second-order valence-corrected chi connectivity index (χ2v) is 4.78. The van der Waals surface area contributed by atoms with Crippen LogP contribution in [0.1, 0.15) is 18.1 Å². The molecule has 3 heteroatoms. The highest BCUT2D eigenvalue weighted by Gasteiger charge is 2.07. The first-order valence-corrected chi connectivity index (χ1v) is 6.62. The van der Waals surface area contributed by atoms with Crippen molar-refractivity contribution in [3.8, 4) is 0 Å². The molecule has 100 valence electrons. The lowest BCUT2D eigenvalue weighted by molar-refractivity contribution is 1.13. The molecule has 1 aromatic carbocycles. The molecular formula is C16H21N3. The molecule has 0 atom stereocenters. The van der Waals surface area contributed by atoms with E-state index in [0.29, 0.717) is 0 Å². The molecule has 2 aromatic rings. The van der Waals surface area contributed by atoms with Crippen LogP contribution in [0.15, 0.2) is 36.5 Å². The van der Waals surface area contributed by atoms with Crippen LogP contribution in [0.4, 0.5) is 17.2 Å². The van der Waals surface area contributed by atoms with Crippen LogP contribution in [-0.4, -0.2) is 18.6 Å². The zero-order chi connectivity index (χ0) is 13.8. The Balaban J connectivity index is 2.32. The summed E-state index contributed by atoms with van der Waals surface area (Å²) in [6, 6.07) is 10.6. The van der Waals surface area contributed by atoms with E-state index >= 15 is 0 Å². The standard InChI is InChI=1S/C16H21N3/c1-5-17-16-11-14(8-9-18-16)19(4)15-7-6-12(2)10-13(15)3/h6-11H,5H2,1-4H3,(H,17,18). The Hall–Kier alpha value is -2.03. The van der Waals surface area contributed by atoms with Gasteiger partial charge in [-0.05, 0) is 38.5 Å². The first kappa shape index (κ1) is 13.4. The maximum absolute atomic E-state index is 4.30. The van der Waals surface area contributed by atoms with Gasteiger partial charge in [-0.2, -0.15) is 0 Å². The number of nitrogens with one attached hydrogen (secondary N) is 1. The molecule has 0 radical (unpaired) electrons. The number of hydrogen-bond acceptors (Lipinski definition) is 3. The van der Waals surface area contributed by atoms with Crippen LogP contribution < -0.4 is 10.2 Å². The van der Waals surface area contributed by atoms with Crippen molar-refractivity contribution >= 4 is 17.2 Å². The number of benzene rings is 1. The van der Waals surface area contributed by atoms with Gasteiger partial charge in [0.2, 0.25) is 0 Å². The normalized spacial score (nSPS) is 10.3. The minimum atomic E-state index is 0.879. The molecule has 0 fully saturated rings. The third-order valence-corrected chi connectivity index (χ3v) is 3.20. The van der Waals surface area contributed by atoms with Crippen molar-refractivity contribution in [2.75, 3.05) is 23.8 Å². The highest BCUT2D eigenvalue weighted by atomic mass is 15.1. The predicted molar refractivity (Wildman–Crippen MR) is 82.4 cm³/mol.